The van der Waals surface area contributed by atoms with Crippen molar-refractivity contribution in [3.05, 3.63) is 0 Å². The van der Waals surface area contributed by atoms with Crippen LogP contribution in [0.15, 0.2) is 0 Å². The van der Waals surface area contributed by atoms with Crippen molar-refractivity contribution in [1.29, 1.82) is 0 Å². The second-order valence-corrected chi connectivity index (χ2v) is 4.70. The second-order valence-electron chi connectivity index (χ2n) is 4.70. The molecule has 4 nitrogen and oxygen atoms in total. The quantitative estimate of drug-likeness (QED) is 0.649. The lowest BCUT2D eigenvalue weighted by molar-refractivity contribution is 0.0568. The Morgan fingerprint density at radius 1 is 1.29 bits per heavy atom. The van der Waals surface area contributed by atoms with Crippen LogP contribution in [0.4, 0.5) is 0 Å². The molecular formula is C13H28N2O2. The summed E-state index contributed by atoms with van der Waals surface area (Å²) in [6.07, 6.45) is 3.79. The number of hydrogen-bond acceptors (Lipinski definition) is 4. The fourth-order valence-corrected chi connectivity index (χ4v) is 2.26. The third-order valence-corrected chi connectivity index (χ3v) is 3.18. The summed E-state index contributed by atoms with van der Waals surface area (Å²) in [7, 11) is 1.71. The molecule has 0 aromatic carbocycles. The first-order chi connectivity index (χ1) is 8.36. The van der Waals surface area contributed by atoms with Gasteiger partial charge < -0.3 is 14.8 Å². The first-order valence-corrected chi connectivity index (χ1v) is 6.89. The van der Waals surface area contributed by atoms with Crippen LogP contribution in [0.25, 0.3) is 0 Å². The Morgan fingerprint density at radius 2 is 2.18 bits per heavy atom. The standard InChI is InChI=1S/C13H28N2O2/c1-3-5-13-12-15(7-4-6-14-13)8-9-17-11-10-16-2/h13-14H,3-12H2,1-2H3. The summed E-state index contributed by atoms with van der Waals surface area (Å²) in [6, 6.07) is 0.668. The fraction of sp³-hybridized carbons (Fsp3) is 1.00. The molecule has 1 unspecified atom stereocenters. The van der Waals surface area contributed by atoms with Crippen molar-refractivity contribution < 1.29 is 9.47 Å². The Morgan fingerprint density at radius 3 is 2.94 bits per heavy atom. The van der Waals surface area contributed by atoms with Crippen LogP contribution in [0.1, 0.15) is 26.2 Å². The van der Waals surface area contributed by atoms with E-state index in [1.54, 1.807) is 7.11 Å². The highest BCUT2D eigenvalue weighted by Crippen LogP contribution is 2.05. The Hall–Kier alpha value is -0.160. The summed E-state index contributed by atoms with van der Waals surface area (Å²) in [5.41, 5.74) is 0. The van der Waals surface area contributed by atoms with E-state index in [1.807, 2.05) is 0 Å². The number of ether oxygens (including phenoxy) is 2. The summed E-state index contributed by atoms with van der Waals surface area (Å²) < 4.78 is 10.5. The minimum atomic E-state index is 0.668. The summed E-state index contributed by atoms with van der Waals surface area (Å²) in [5, 5.41) is 3.62. The van der Waals surface area contributed by atoms with Crippen molar-refractivity contribution in [2.75, 3.05) is 53.1 Å². The molecule has 1 aliphatic rings. The first-order valence-electron chi connectivity index (χ1n) is 6.89. The first kappa shape index (κ1) is 14.9. The monoisotopic (exact) mass is 244 g/mol. The van der Waals surface area contributed by atoms with Crippen LogP contribution in [0.5, 0.6) is 0 Å². The molecule has 0 aliphatic carbocycles. The van der Waals surface area contributed by atoms with Gasteiger partial charge >= 0.3 is 0 Å². The van der Waals surface area contributed by atoms with Crippen LogP contribution >= 0.6 is 0 Å². The molecule has 0 spiro atoms. The molecule has 0 bridgehead atoms. The minimum Gasteiger partial charge on any atom is -0.382 e. The molecular weight excluding hydrogens is 216 g/mol. The van der Waals surface area contributed by atoms with Gasteiger partial charge in [0.25, 0.3) is 0 Å². The van der Waals surface area contributed by atoms with Crippen LogP contribution in [0.2, 0.25) is 0 Å². The van der Waals surface area contributed by atoms with E-state index in [4.69, 9.17) is 9.47 Å². The van der Waals surface area contributed by atoms with Gasteiger partial charge in [-0.15, -0.1) is 0 Å². The summed E-state index contributed by atoms with van der Waals surface area (Å²) in [5.74, 6) is 0. The Bertz CT molecular complexity index is 179. The number of rotatable bonds is 8. The van der Waals surface area contributed by atoms with Crippen molar-refractivity contribution in [1.82, 2.24) is 10.2 Å². The van der Waals surface area contributed by atoms with Gasteiger partial charge in [-0.1, -0.05) is 13.3 Å². The van der Waals surface area contributed by atoms with Gasteiger partial charge in [0.15, 0.2) is 0 Å². The average molecular weight is 244 g/mol. The van der Waals surface area contributed by atoms with Gasteiger partial charge in [0, 0.05) is 26.2 Å². The highest BCUT2D eigenvalue weighted by Gasteiger charge is 2.16. The summed E-state index contributed by atoms with van der Waals surface area (Å²) in [4.78, 5) is 2.52. The third kappa shape index (κ3) is 6.99. The Kier molecular flexibility index (Phi) is 8.61. The molecule has 1 heterocycles. The van der Waals surface area contributed by atoms with Crippen molar-refractivity contribution in [2.45, 2.75) is 32.2 Å². The largest absolute Gasteiger partial charge is 0.382 e. The molecule has 1 saturated heterocycles. The van der Waals surface area contributed by atoms with Crippen molar-refractivity contribution in [3.63, 3.8) is 0 Å². The highest BCUT2D eigenvalue weighted by molar-refractivity contribution is 4.75. The topological polar surface area (TPSA) is 33.7 Å². The van der Waals surface area contributed by atoms with Gasteiger partial charge in [0.2, 0.25) is 0 Å². The third-order valence-electron chi connectivity index (χ3n) is 3.18. The molecule has 0 aromatic rings. The molecule has 0 radical (unpaired) electrons. The maximum absolute atomic E-state index is 5.53. The number of nitrogens with one attached hydrogen (secondary N) is 1. The van der Waals surface area contributed by atoms with Crippen LogP contribution in [-0.4, -0.2) is 64.1 Å². The lowest BCUT2D eigenvalue weighted by Gasteiger charge is -2.24. The summed E-state index contributed by atoms with van der Waals surface area (Å²) >= 11 is 0. The van der Waals surface area contributed by atoms with E-state index < -0.39 is 0 Å². The van der Waals surface area contributed by atoms with Gasteiger partial charge in [-0.05, 0) is 25.9 Å². The smallest absolute Gasteiger partial charge is 0.0700 e. The van der Waals surface area contributed by atoms with Gasteiger partial charge in [0.1, 0.15) is 0 Å². The van der Waals surface area contributed by atoms with E-state index >= 15 is 0 Å². The molecule has 17 heavy (non-hydrogen) atoms. The van der Waals surface area contributed by atoms with Crippen molar-refractivity contribution in [3.8, 4) is 0 Å². The predicted molar refractivity (Wildman–Crippen MR) is 70.5 cm³/mol. The number of hydrogen-bond donors (Lipinski definition) is 1. The molecule has 0 aromatic heterocycles. The zero-order valence-corrected chi connectivity index (χ0v) is 11.4. The zero-order chi connectivity index (χ0) is 12.3. The molecule has 0 saturated carbocycles. The van der Waals surface area contributed by atoms with E-state index in [1.165, 1.54) is 32.4 Å². The van der Waals surface area contributed by atoms with E-state index in [9.17, 15) is 0 Å². The lowest BCUT2D eigenvalue weighted by atomic mass is 10.1. The zero-order valence-electron chi connectivity index (χ0n) is 11.4. The van der Waals surface area contributed by atoms with Gasteiger partial charge in [-0.3, -0.25) is 4.90 Å². The maximum Gasteiger partial charge on any atom is 0.0700 e. The normalized spacial score (nSPS) is 22.6. The molecule has 0 amide bonds. The molecule has 1 atom stereocenters. The molecule has 1 N–H and O–H groups in total. The van der Waals surface area contributed by atoms with E-state index in [2.05, 4.69) is 17.1 Å². The fourth-order valence-electron chi connectivity index (χ4n) is 2.26. The Balaban J connectivity index is 2.12. The Labute approximate surface area is 106 Å². The molecule has 1 fully saturated rings. The maximum atomic E-state index is 5.53. The van der Waals surface area contributed by atoms with Crippen LogP contribution in [0.3, 0.4) is 0 Å². The van der Waals surface area contributed by atoms with E-state index in [0.29, 0.717) is 19.3 Å². The van der Waals surface area contributed by atoms with Gasteiger partial charge in [0.05, 0.1) is 19.8 Å². The van der Waals surface area contributed by atoms with Crippen LogP contribution in [-0.2, 0) is 9.47 Å². The molecule has 1 rings (SSSR count). The van der Waals surface area contributed by atoms with Crippen molar-refractivity contribution >= 4 is 0 Å². The number of nitrogens with zero attached hydrogens (tertiary/aromatic N) is 1. The van der Waals surface area contributed by atoms with Gasteiger partial charge in [-0.2, -0.15) is 0 Å². The lowest BCUT2D eigenvalue weighted by Crippen LogP contribution is -2.38. The molecule has 102 valence electrons. The highest BCUT2D eigenvalue weighted by atomic mass is 16.5. The van der Waals surface area contributed by atoms with Crippen LogP contribution in [0, 0.1) is 0 Å². The molecule has 1 aliphatic heterocycles. The van der Waals surface area contributed by atoms with Crippen molar-refractivity contribution in [2.24, 2.45) is 0 Å². The average Bonchev–Trinajstić information content (AvgIpc) is 2.55. The van der Waals surface area contributed by atoms with E-state index in [-0.39, 0.29) is 0 Å². The minimum absolute atomic E-state index is 0.668. The van der Waals surface area contributed by atoms with Gasteiger partial charge in [-0.25, -0.2) is 0 Å². The molecule has 4 heteroatoms. The number of methoxy groups -OCH3 is 1. The second kappa shape index (κ2) is 9.83. The van der Waals surface area contributed by atoms with Crippen LogP contribution < -0.4 is 5.32 Å². The summed E-state index contributed by atoms with van der Waals surface area (Å²) in [6.45, 7) is 9.05. The van der Waals surface area contributed by atoms with E-state index in [0.717, 1.165) is 19.7 Å². The SMILES string of the molecule is CCCC1CN(CCOCCOC)CCCN1. The predicted octanol–water partition coefficient (Wildman–Crippen LogP) is 1.11.